The minimum absolute atomic E-state index is 0.167. The summed E-state index contributed by atoms with van der Waals surface area (Å²) in [5.74, 6) is 0.175. The van der Waals surface area contributed by atoms with Gasteiger partial charge in [-0.2, -0.15) is 0 Å². The molecular formula is C21H21FN2O3S. The molecule has 1 unspecified atom stereocenters. The number of aromatic nitrogens is 1. The van der Waals surface area contributed by atoms with Gasteiger partial charge in [0.2, 0.25) is 0 Å². The number of amides is 1. The maximum Gasteiger partial charge on any atom is 0.251 e. The number of thiazole rings is 1. The van der Waals surface area contributed by atoms with Gasteiger partial charge in [0, 0.05) is 10.9 Å². The molecule has 0 aliphatic carbocycles. The number of halogens is 1. The smallest absolute Gasteiger partial charge is 0.251 e. The zero-order valence-electron chi connectivity index (χ0n) is 15.6. The Morgan fingerprint density at radius 2 is 1.93 bits per heavy atom. The van der Waals surface area contributed by atoms with Crippen LogP contribution in [0, 0.1) is 12.7 Å². The summed E-state index contributed by atoms with van der Waals surface area (Å²) in [6.45, 7) is 4.30. The molecule has 0 saturated heterocycles. The summed E-state index contributed by atoms with van der Waals surface area (Å²) in [5, 5.41) is 5.79. The van der Waals surface area contributed by atoms with Gasteiger partial charge in [-0.15, -0.1) is 11.3 Å². The van der Waals surface area contributed by atoms with Crippen molar-refractivity contribution >= 4 is 17.2 Å². The second kappa shape index (κ2) is 9.32. The van der Waals surface area contributed by atoms with Crippen LogP contribution >= 0.6 is 11.3 Å². The molecule has 0 spiro atoms. The minimum atomic E-state index is -0.426. The molecule has 0 aliphatic heterocycles. The van der Waals surface area contributed by atoms with Crippen molar-refractivity contribution in [3.05, 3.63) is 76.0 Å². The molecule has 3 aromatic rings. The van der Waals surface area contributed by atoms with Crippen LogP contribution in [0.25, 0.3) is 0 Å². The fourth-order valence-corrected chi connectivity index (χ4v) is 3.06. The van der Waals surface area contributed by atoms with Gasteiger partial charge in [0.1, 0.15) is 19.0 Å². The number of aryl methyl sites for hydroxylation is 1. The number of para-hydroxylation sites is 1. The number of nitrogens with one attached hydrogen (secondary N) is 1. The van der Waals surface area contributed by atoms with Gasteiger partial charge in [-0.25, -0.2) is 9.37 Å². The number of carbonyl (C=O) groups is 1. The SMILES string of the molecule is Cc1nc(COc2ccc(C(=O)NC(C)COc3ccccc3F)cc2)cs1. The first-order valence-corrected chi connectivity index (χ1v) is 9.71. The van der Waals surface area contributed by atoms with Crippen LogP contribution in [0.2, 0.25) is 0 Å². The Labute approximate surface area is 167 Å². The fourth-order valence-electron chi connectivity index (χ4n) is 2.46. The highest BCUT2D eigenvalue weighted by molar-refractivity contribution is 7.09. The van der Waals surface area contributed by atoms with E-state index in [4.69, 9.17) is 9.47 Å². The van der Waals surface area contributed by atoms with Crippen molar-refractivity contribution in [2.45, 2.75) is 26.5 Å². The maximum absolute atomic E-state index is 13.6. The zero-order chi connectivity index (χ0) is 19.9. The fraction of sp³-hybridized carbons (Fsp3) is 0.238. The molecule has 146 valence electrons. The lowest BCUT2D eigenvalue weighted by Gasteiger charge is -2.15. The third-order valence-corrected chi connectivity index (χ3v) is 4.70. The van der Waals surface area contributed by atoms with Crippen LogP contribution in [0.15, 0.2) is 53.9 Å². The number of ether oxygens (including phenoxy) is 2. The van der Waals surface area contributed by atoms with E-state index in [-0.39, 0.29) is 24.3 Å². The van der Waals surface area contributed by atoms with Gasteiger partial charge in [0.15, 0.2) is 11.6 Å². The van der Waals surface area contributed by atoms with Gasteiger partial charge in [0.05, 0.1) is 16.7 Å². The van der Waals surface area contributed by atoms with Crippen molar-refractivity contribution < 1.29 is 18.7 Å². The van der Waals surface area contributed by atoms with E-state index in [9.17, 15) is 9.18 Å². The van der Waals surface area contributed by atoms with Crippen molar-refractivity contribution in [2.75, 3.05) is 6.61 Å². The lowest BCUT2D eigenvalue weighted by molar-refractivity contribution is 0.0926. The number of hydrogen-bond acceptors (Lipinski definition) is 5. The van der Waals surface area contributed by atoms with Gasteiger partial charge in [0.25, 0.3) is 5.91 Å². The van der Waals surface area contributed by atoms with Gasteiger partial charge in [-0.1, -0.05) is 12.1 Å². The predicted octanol–water partition coefficient (Wildman–Crippen LogP) is 4.37. The van der Waals surface area contributed by atoms with Crippen molar-refractivity contribution in [1.82, 2.24) is 10.3 Å². The van der Waals surface area contributed by atoms with Gasteiger partial charge in [-0.3, -0.25) is 4.79 Å². The van der Waals surface area contributed by atoms with Crippen molar-refractivity contribution in [3.8, 4) is 11.5 Å². The molecule has 2 aromatic carbocycles. The molecule has 0 saturated carbocycles. The van der Waals surface area contributed by atoms with E-state index < -0.39 is 5.82 Å². The lowest BCUT2D eigenvalue weighted by Crippen LogP contribution is -2.36. The average Bonchev–Trinajstić information content (AvgIpc) is 3.11. The summed E-state index contributed by atoms with van der Waals surface area (Å²) in [5.41, 5.74) is 1.39. The van der Waals surface area contributed by atoms with E-state index in [1.165, 1.54) is 6.07 Å². The van der Waals surface area contributed by atoms with E-state index in [0.717, 1.165) is 10.7 Å². The largest absolute Gasteiger partial charge is 0.488 e. The van der Waals surface area contributed by atoms with Crippen molar-refractivity contribution in [1.29, 1.82) is 0 Å². The molecule has 3 rings (SSSR count). The molecule has 1 heterocycles. The molecule has 5 nitrogen and oxygen atoms in total. The van der Waals surface area contributed by atoms with Crippen LogP contribution in [-0.4, -0.2) is 23.5 Å². The number of carbonyl (C=O) groups excluding carboxylic acids is 1. The van der Waals surface area contributed by atoms with Gasteiger partial charge >= 0.3 is 0 Å². The molecule has 1 amide bonds. The van der Waals surface area contributed by atoms with Gasteiger partial charge in [-0.05, 0) is 50.2 Å². The number of nitrogens with zero attached hydrogens (tertiary/aromatic N) is 1. The molecule has 0 fully saturated rings. The highest BCUT2D eigenvalue weighted by Gasteiger charge is 2.12. The lowest BCUT2D eigenvalue weighted by atomic mass is 10.2. The monoisotopic (exact) mass is 400 g/mol. The molecule has 0 bridgehead atoms. The number of benzene rings is 2. The average molecular weight is 400 g/mol. The summed E-state index contributed by atoms with van der Waals surface area (Å²) >= 11 is 1.58. The molecule has 0 aliphatic rings. The number of rotatable bonds is 8. The highest BCUT2D eigenvalue weighted by Crippen LogP contribution is 2.17. The van der Waals surface area contributed by atoms with E-state index in [1.807, 2.05) is 12.3 Å². The second-order valence-electron chi connectivity index (χ2n) is 6.29. The summed E-state index contributed by atoms with van der Waals surface area (Å²) in [4.78, 5) is 16.7. The molecule has 7 heteroatoms. The zero-order valence-corrected chi connectivity index (χ0v) is 16.5. The summed E-state index contributed by atoms with van der Waals surface area (Å²) in [6.07, 6.45) is 0. The van der Waals surface area contributed by atoms with Crippen LogP contribution in [-0.2, 0) is 6.61 Å². The molecule has 28 heavy (non-hydrogen) atoms. The second-order valence-corrected chi connectivity index (χ2v) is 7.35. The van der Waals surface area contributed by atoms with Crippen LogP contribution in [0.3, 0.4) is 0 Å². The van der Waals surface area contributed by atoms with E-state index >= 15 is 0 Å². The van der Waals surface area contributed by atoms with E-state index in [1.54, 1.807) is 60.7 Å². The van der Waals surface area contributed by atoms with Crippen LogP contribution in [0.5, 0.6) is 11.5 Å². The molecule has 1 aromatic heterocycles. The Kier molecular flexibility index (Phi) is 6.60. The van der Waals surface area contributed by atoms with Crippen molar-refractivity contribution in [3.63, 3.8) is 0 Å². The topological polar surface area (TPSA) is 60.5 Å². The Morgan fingerprint density at radius 1 is 1.18 bits per heavy atom. The predicted molar refractivity (Wildman–Crippen MR) is 106 cm³/mol. The summed E-state index contributed by atoms with van der Waals surface area (Å²) in [6, 6.07) is 12.8. The third-order valence-electron chi connectivity index (χ3n) is 3.87. The third kappa shape index (κ3) is 5.53. The molecule has 0 radical (unpaired) electrons. The molecular weight excluding hydrogens is 379 g/mol. The number of hydrogen-bond donors (Lipinski definition) is 1. The Bertz CT molecular complexity index is 927. The first-order valence-electron chi connectivity index (χ1n) is 8.83. The molecule has 1 N–H and O–H groups in total. The van der Waals surface area contributed by atoms with Crippen LogP contribution in [0.1, 0.15) is 28.0 Å². The minimum Gasteiger partial charge on any atom is -0.488 e. The summed E-state index contributed by atoms with van der Waals surface area (Å²) in [7, 11) is 0. The van der Waals surface area contributed by atoms with Crippen LogP contribution in [0.4, 0.5) is 4.39 Å². The highest BCUT2D eigenvalue weighted by atomic mass is 32.1. The van der Waals surface area contributed by atoms with Gasteiger partial charge < -0.3 is 14.8 Å². The summed E-state index contributed by atoms with van der Waals surface area (Å²) < 4.78 is 24.6. The first kappa shape index (κ1) is 19.8. The van der Waals surface area contributed by atoms with Crippen LogP contribution < -0.4 is 14.8 Å². The molecule has 1 atom stereocenters. The Balaban J connectivity index is 1.47. The normalized spacial score (nSPS) is 11.7. The Morgan fingerprint density at radius 3 is 2.61 bits per heavy atom. The van der Waals surface area contributed by atoms with E-state index in [0.29, 0.717) is 17.9 Å². The van der Waals surface area contributed by atoms with Crippen molar-refractivity contribution in [2.24, 2.45) is 0 Å². The standard InChI is InChI=1S/C21H21FN2O3S/c1-14(11-27-20-6-4-3-5-19(20)22)23-21(25)16-7-9-18(10-8-16)26-12-17-13-28-15(2)24-17/h3-10,13-14H,11-12H2,1-2H3,(H,23,25). The maximum atomic E-state index is 13.6. The Hall–Kier alpha value is -2.93. The first-order chi connectivity index (χ1) is 13.5. The quantitative estimate of drug-likeness (QED) is 0.610. The van der Waals surface area contributed by atoms with E-state index in [2.05, 4.69) is 10.3 Å².